The Hall–Kier alpha value is -5.16. The Morgan fingerprint density at radius 1 is 0.978 bits per heavy atom. The molecule has 2 aromatic carbocycles. The van der Waals surface area contributed by atoms with Crippen LogP contribution in [0.4, 0.5) is 11.5 Å². The summed E-state index contributed by atoms with van der Waals surface area (Å²) in [5, 5.41) is 6.39. The first-order chi connectivity index (χ1) is 22.4. The second-order valence-corrected chi connectivity index (χ2v) is 12.2. The molecule has 4 aromatic rings. The van der Waals surface area contributed by atoms with Crippen LogP contribution in [-0.2, 0) is 27.5 Å². The normalized spacial score (nSPS) is 18.5. The van der Waals surface area contributed by atoms with E-state index in [0.29, 0.717) is 30.6 Å². The first kappa shape index (κ1) is 29.5. The summed E-state index contributed by atoms with van der Waals surface area (Å²) in [4.78, 5) is 63.1. The Kier molecular flexibility index (Phi) is 7.91. The van der Waals surface area contributed by atoms with E-state index >= 15 is 0 Å². The molecule has 234 valence electrons. The smallest absolute Gasteiger partial charge is 0.255 e. The fourth-order valence-electron chi connectivity index (χ4n) is 6.90. The molecule has 2 fully saturated rings. The third-order valence-corrected chi connectivity index (χ3v) is 9.30. The average Bonchev–Trinajstić information content (AvgIpc) is 3.39. The summed E-state index contributed by atoms with van der Waals surface area (Å²) in [5.41, 5.74) is 12.0. The van der Waals surface area contributed by atoms with Crippen molar-refractivity contribution in [1.82, 2.24) is 20.2 Å². The SMILES string of the molecule is NCc1cc(-c2cccc3cccnc23)cnc1N1CCC(CC(=O)Nc2ccc3c(c2)CN(C2CCC(=O)NC2=O)C3=O)CC1. The van der Waals surface area contributed by atoms with Crippen LogP contribution < -0.4 is 21.3 Å². The zero-order chi connectivity index (χ0) is 31.8. The minimum atomic E-state index is -0.669. The molecule has 46 heavy (non-hydrogen) atoms. The summed E-state index contributed by atoms with van der Waals surface area (Å²) in [6.07, 6.45) is 6.32. The number of amides is 4. The highest BCUT2D eigenvalue weighted by atomic mass is 16.2. The highest BCUT2D eigenvalue weighted by Gasteiger charge is 2.39. The van der Waals surface area contributed by atoms with Gasteiger partial charge >= 0.3 is 0 Å². The molecule has 0 spiro atoms. The lowest BCUT2D eigenvalue weighted by molar-refractivity contribution is -0.137. The van der Waals surface area contributed by atoms with Gasteiger partial charge in [0.15, 0.2) is 0 Å². The van der Waals surface area contributed by atoms with Crippen LogP contribution in [-0.4, -0.2) is 57.6 Å². The molecule has 1 atom stereocenters. The van der Waals surface area contributed by atoms with Crippen molar-refractivity contribution in [3.63, 3.8) is 0 Å². The van der Waals surface area contributed by atoms with Crippen LogP contribution in [0.15, 0.2) is 67.0 Å². The number of imide groups is 1. The third kappa shape index (κ3) is 5.69. The highest BCUT2D eigenvalue weighted by Crippen LogP contribution is 2.33. The molecular weight excluding hydrogens is 582 g/mol. The summed E-state index contributed by atoms with van der Waals surface area (Å²) in [7, 11) is 0. The number of nitrogens with one attached hydrogen (secondary N) is 2. The van der Waals surface area contributed by atoms with Gasteiger partial charge in [0.2, 0.25) is 17.7 Å². The van der Waals surface area contributed by atoms with Gasteiger partial charge in [-0.2, -0.15) is 0 Å². The second-order valence-electron chi connectivity index (χ2n) is 12.2. The van der Waals surface area contributed by atoms with Gasteiger partial charge in [0.05, 0.1) is 5.52 Å². The first-order valence-electron chi connectivity index (χ1n) is 15.7. The molecule has 11 nitrogen and oxygen atoms in total. The fourth-order valence-corrected chi connectivity index (χ4v) is 6.90. The molecule has 4 amide bonds. The number of pyridine rings is 2. The quantitative estimate of drug-likeness (QED) is 0.265. The number of nitrogens with two attached hydrogens (primary N) is 1. The Morgan fingerprint density at radius 2 is 1.80 bits per heavy atom. The average molecular weight is 618 g/mol. The Labute approximate surface area is 266 Å². The highest BCUT2D eigenvalue weighted by molar-refractivity contribution is 6.05. The van der Waals surface area contributed by atoms with Crippen molar-refractivity contribution in [2.75, 3.05) is 23.3 Å². The van der Waals surface area contributed by atoms with Gasteiger partial charge in [-0.05, 0) is 61.1 Å². The van der Waals surface area contributed by atoms with Gasteiger partial charge in [-0.1, -0.05) is 24.3 Å². The molecule has 5 heterocycles. The van der Waals surface area contributed by atoms with E-state index in [-0.39, 0.29) is 36.6 Å². The lowest BCUT2D eigenvalue weighted by Crippen LogP contribution is -2.52. The number of hydrogen-bond acceptors (Lipinski definition) is 8. The molecule has 11 heteroatoms. The predicted octanol–water partition coefficient (Wildman–Crippen LogP) is 3.76. The van der Waals surface area contributed by atoms with E-state index < -0.39 is 11.9 Å². The van der Waals surface area contributed by atoms with E-state index in [4.69, 9.17) is 10.7 Å². The number of piperidine rings is 2. The molecular formula is C35H35N7O4. The van der Waals surface area contributed by atoms with E-state index in [2.05, 4.69) is 44.8 Å². The number of rotatable bonds is 7. The van der Waals surface area contributed by atoms with Crippen molar-refractivity contribution in [2.45, 2.75) is 51.2 Å². The van der Waals surface area contributed by atoms with Gasteiger partial charge < -0.3 is 20.9 Å². The van der Waals surface area contributed by atoms with E-state index in [0.717, 1.165) is 64.9 Å². The summed E-state index contributed by atoms with van der Waals surface area (Å²) in [5.74, 6) is 0.0594. The van der Waals surface area contributed by atoms with Crippen LogP contribution in [0.2, 0.25) is 0 Å². The Balaban J connectivity index is 0.953. The number of fused-ring (bicyclic) bond motifs is 2. The van der Waals surface area contributed by atoms with Crippen molar-refractivity contribution in [3.8, 4) is 11.1 Å². The molecule has 3 aliphatic rings. The van der Waals surface area contributed by atoms with Crippen LogP contribution in [0.25, 0.3) is 22.0 Å². The van der Waals surface area contributed by atoms with Crippen LogP contribution in [0.1, 0.15) is 53.6 Å². The molecule has 2 aromatic heterocycles. The van der Waals surface area contributed by atoms with Gasteiger partial charge in [-0.15, -0.1) is 0 Å². The monoisotopic (exact) mass is 617 g/mol. The van der Waals surface area contributed by atoms with E-state index in [1.165, 1.54) is 4.90 Å². The molecule has 4 N–H and O–H groups in total. The zero-order valence-corrected chi connectivity index (χ0v) is 25.4. The van der Waals surface area contributed by atoms with Crippen LogP contribution in [0.5, 0.6) is 0 Å². The topological polar surface area (TPSA) is 151 Å². The molecule has 0 radical (unpaired) electrons. The zero-order valence-electron chi connectivity index (χ0n) is 25.4. The van der Waals surface area contributed by atoms with E-state index in [9.17, 15) is 19.2 Å². The lowest BCUT2D eigenvalue weighted by atomic mass is 9.92. The van der Waals surface area contributed by atoms with E-state index in [1.807, 2.05) is 18.3 Å². The van der Waals surface area contributed by atoms with Crippen LogP contribution >= 0.6 is 0 Å². The van der Waals surface area contributed by atoms with Gasteiger partial charge in [-0.25, -0.2) is 4.98 Å². The summed E-state index contributed by atoms with van der Waals surface area (Å²) >= 11 is 0. The number of anilines is 2. The van der Waals surface area contributed by atoms with Gasteiger partial charge in [0.25, 0.3) is 5.91 Å². The Morgan fingerprint density at radius 3 is 2.61 bits per heavy atom. The number of hydrogen-bond donors (Lipinski definition) is 3. The Bertz CT molecular complexity index is 1860. The van der Waals surface area contributed by atoms with Crippen molar-refractivity contribution in [2.24, 2.45) is 11.7 Å². The lowest BCUT2D eigenvalue weighted by Gasteiger charge is -2.33. The predicted molar refractivity (Wildman–Crippen MR) is 174 cm³/mol. The molecule has 7 rings (SSSR count). The van der Waals surface area contributed by atoms with Crippen molar-refractivity contribution in [1.29, 1.82) is 0 Å². The summed E-state index contributed by atoms with van der Waals surface area (Å²) in [6.45, 7) is 2.20. The minimum Gasteiger partial charge on any atom is -0.356 e. The summed E-state index contributed by atoms with van der Waals surface area (Å²) < 4.78 is 0. The van der Waals surface area contributed by atoms with Crippen molar-refractivity contribution >= 4 is 46.0 Å². The van der Waals surface area contributed by atoms with E-state index in [1.54, 1.807) is 24.4 Å². The van der Waals surface area contributed by atoms with Crippen molar-refractivity contribution in [3.05, 3.63) is 83.7 Å². The largest absolute Gasteiger partial charge is 0.356 e. The number of aromatic nitrogens is 2. The second kappa shape index (κ2) is 12.3. The number of carbonyl (C=O) groups is 4. The van der Waals surface area contributed by atoms with Gasteiger partial charge in [0.1, 0.15) is 11.9 Å². The number of benzene rings is 2. The number of carbonyl (C=O) groups excluding carboxylic acids is 4. The maximum absolute atomic E-state index is 13.0. The molecule has 0 aliphatic carbocycles. The van der Waals surface area contributed by atoms with Gasteiger partial charge in [0, 0.05) is 84.7 Å². The molecule has 0 saturated carbocycles. The summed E-state index contributed by atoms with van der Waals surface area (Å²) in [6, 6.07) is 16.8. The third-order valence-electron chi connectivity index (χ3n) is 9.30. The fraction of sp³-hybridized carbons (Fsp3) is 0.314. The molecule has 1 unspecified atom stereocenters. The van der Waals surface area contributed by atoms with Crippen LogP contribution in [0, 0.1) is 5.92 Å². The number of para-hydroxylation sites is 1. The molecule has 0 bridgehead atoms. The molecule has 2 saturated heterocycles. The maximum atomic E-state index is 13.0. The minimum absolute atomic E-state index is 0.0708. The standard InChI is InChI=1S/C35H35N7O4/c36-18-23-16-24(27-5-1-3-22-4-2-12-37-32(22)27)19-38-33(23)41-13-10-21(11-14-41)15-31(44)39-26-6-7-28-25(17-26)20-42(35(28)46)29-8-9-30(43)40-34(29)45/h1-7,12,16-17,19,21,29H,8-11,13-15,18,20,36H2,(H,39,44)(H,40,43,45). The number of nitrogens with zero attached hydrogens (tertiary/aromatic N) is 4. The van der Waals surface area contributed by atoms with Crippen LogP contribution in [0.3, 0.4) is 0 Å². The first-order valence-corrected chi connectivity index (χ1v) is 15.7. The molecule has 3 aliphatic heterocycles. The maximum Gasteiger partial charge on any atom is 0.255 e. The van der Waals surface area contributed by atoms with Gasteiger partial charge in [-0.3, -0.25) is 29.5 Å². The van der Waals surface area contributed by atoms with Crippen molar-refractivity contribution < 1.29 is 19.2 Å².